The lowest BCUT2D eigenvalue weighted by atomic mass is 10.2. The van der Waals surface area contributed by atoms with Crippen LogP contribution >= 0.6 is 0 Å². The molecular weight excluding hydrogens is 208 g/mol. The van der Waals surface area contributed by atoms with Gasteiger partial charge in [0.15, 0.2) is 0 Å². The third-order valence-electron chi connectivity index (χ3n) is 2.90. The van der Waals surface area contributed by atoms with Gasteiger partial charge < -0.3 is 5.32 Å². The molecule has 0 aromatic carbocycles. The molecule has 2 heteroatoms. The average Bonchev–Trinajstić information content (AvgIpc) is 2.33. The van der Waals surface area contributed by atoms with Gasteiger partial charge in [-0.25, -0.2) is 0 Å². The van der Waals surface area contributed by atoms with E-state index in [1.54, 1.807) is 0 Å². The fourth-order valence-corrected chi connectivity index (χ4v) is 1.85. The van der Waals surface area contributed by atoms with Crippen LogP contribution in [0.5, 0.6) is 0 Å². The number of nitrogens with zero attached hydrogens (tertiary/aromatic N) is 1. The molecule has 2 nitrogen and oxygen atoms in total. The molecule has 0 bridgehead atoms. The van der Waals surface area contributed by atoms with Crippen LogP contribution in [0, 0.1) is 0 Å². The molecule has 0 unspecified atom stereocenters. The number of hydrogen-bond acceptors (Lipinski definition) is 2. The quantitative estimate of drug-likeness (QED) is 0.415. The number of hydrogen-bond donors (Lipinski definition) is 1. The molecule has 0 saturated heterocycles. The molecule has 0 saturated carbocycles. The maximum Gasteiger partial charge on any atom is 0.0202 e. The van der Waals surface area contributed by atoms with Crippen molar-refractivity contribution in [2.24, 2.45) is 0 Å². The van der Waals surface area contributed by atoms with Gasteiger partial charge in [0.2, 0.25) is 0 Å². The molecule has 0 aromatic rings. The average molecular weight is 240 g/mol. The highest BCUT2D eigenvalue weighted by molar-refractivity contribution is 4.99. The Kier molecular flexibility index (Phi) is 11.9. The zero-order chi connectivity index (χ0) is 12.9. The summed E-state index contributed by atoms with van der Waals surface area (Å²) in [4.78, 5) is 2.56. The van der Waals surface area contributed by atoms with Crippen molar-refractivity contribution < 1.29 is 0 Å². The Labute approximate surface area is 108 Å². The molecule has 0 fully saturated rings. The van der Waals surface area contributed by atoms with Crippen LogP contribution in [0.3, 0.4) is 0 Å². The van der Waals surface area contributed by atoms with E-state index in [-0.39, 0.29) is 0 Å². The van der Waals surface area contributed by atoms with Gasteiger partial charge in [-0.2, -0.15) is 0 Å². The second-order valence-corrected chi connectivity index (χ2v) is 4.91. The molecule has 0 radical (unpaired) electrons. The highest BCUT2D eigenvalue weighted by atomic mass is 15.1. The van der Waals surface area contributed by atoms with E-state index in [0.29, 0.717) is 0 Å². The molecule has 0 aliphatic rings. The summed E-state index contributed by atoms with van der Waals surface area (Å²) in [5.41, 5.74) is 1.32. The fourth-order valence-electron chi connectivity index (χ4n) is 1.85. The lowest BCUT2D eigenvalue weighted by Crippen LogP contribution is -2.31. The van der Waals surface area contributed by atoms with E-state index in [1.165, 1.54) is 50.8 Å². The summed E-state index contributed by atoms with van der Waals surface area (Å²) in [7, 11) is 0. The predicted molar refractivity (Wildman–Crippen MR) is 78.6 cm³/mol. The van der Waals surface area contributed by atoms with Gasteiger partial charge in [-0.05, 0) is 44.5 Å². The zero-order valence-corrected chi connectivity index (χ0v) is 12.2. The Bertz CT molecular complexity index is 170. The van der Waals surface area contributed by atoms with Crippen LogP contribution < -0.4 is 5.32 Å². The van der Waals surface area contributed by atoms with Crippen molar-refractivity contribution in [2.75, 3.05) is 32.7 Å². The van der Waals surface area contributed by atoms with E-state index in [4.69, 9.17) is 0 Å². The maximum absolute atomic E-state index is 4.18. The zero-order valence-electron chi connectivity index (χ0n) is 12.2. The molecule has 0 atom stereocenters. The van der Waals surface area contributed by atoms with E-state index >= 15 is 0 Å². The summed E-state index contributed by atoms with van der Waals surface area (Å²) in [6, 6.07) is 0. The normalized spacial score (nSPS) is 11.1. The van der Waals surface area contributed by atoms with E-state index in [0.717, 1.165) is 19.6 Å². The predicted octanol–water partition coefficient (Wildman–Crippen LogP) is 3.44. The molecule has 0 amide bonds. The van der Waals surface area contributed by atoms with Crippen LogP contribution in [-0.4, -0.2) is 37.6 Å². The van der Waals surface area contributed by atoms with E-state index in [1.807, 2.05) is 0 Å². The Morgan fingerprint density at radius 2 is 1.59 bits per heavy atom. The summed E-state index contributed by atoms with van der Waals surface area (Å²) >= 11 is 0. The number of unbranched alkanes of at least 4 members (excludes halogenated alkanes) is 2. The van der Waals surface area contributed by atoms with Gasteiger partial charge >= 0.3 is 0 Å². The first-order chi connectivity index (χ1) is 8.24. The Morgan fingerprint density at radius 3 is 2.06 bits per heavy atom. The van der Waals surface area contributed by atoms with Crippen LogP contribution in [-0.2, 0) is 0 Å². The molecule has 102 valence electrons. The molecule has 0 aliphatic carbocycles. The van der Waals surface area contributed by atoms with Crippen molar-refractivity contribution >= 4 is 0 Å². The summed E-state index contributed by atoms with van der Waals surface area (Å²) in [5, 5.41) is 3.43. The highest BCUT2D eigenvalue weighted by Crippen LogP contribution is 2.02. The van der Waals surface area contributed by atoms with Crippen molar-refractivity contribution in [3.8, 4) is 0 Å². The van der Waals surface area contributed by atoms with Crippen molar-refractivity contribution in [3.63, 3.8) is 0 Å². The van der Waals surface area contributed by atoms with E-state index < -0.39 is 0 Å². The first-order valence-electron chi connectivity index (χ1n) is 7.34. The van der Waals surface area contributed by atoms with Gasteiger partial charge in [0.05, 0.1) is 0 Å². The smallest absolute Gasteiger partial charge is 0.0202 e. The second-order valence-electron chi connectivity index (χ2n) is 4.91. The number of rotatable bonds is 12. The van der Waals surface area contributed by atoms with E-state index in [2.05, 4.69) is 37.6 Å². The van der Waals surface area contributed by atoms with E-state index in [9.17, 15) is 0 Å². The van der Waals surface area contributed by atoms with Gasteiger partial charge in [0.25, 0.3) is 0 Å². The van der Waals surface area contributed by atoms with Crippen LogP contribution in [0.2, 0.25) is 0 Å². The molecule has 0 spiro atoms. The Balaban J connectivity index is 3.81. The summed E-state index contributed by atoms with van der Waals surface area (Å²) < 4.78 is 0. The SMILES string of the molecule is C=C(CNCCC)CN(CCCC)CCCC. The van der Waals surface area contributed by atoms with Crippen LogP contribution in [0.25, 0.3) is 0 Å². The van der Waals surface area contributed by atoms with Crippen LogP contribution in [0.4, 0.5) is 0 Å². The van der Waals surface area contributed by atoms with Gasteiger partial charge in [0, 0.05) is 13.1 Å². The standard InChI is InChI=1S/C15H32N2/c1-5-8-11-17(12-9-6-2)14-15(4)13-16-10-7-3/h16H,4-14H2,1-3H3. The largest absolute Gasteiger partial charge is 0.313 e. The minimum absolute atomic E-state index is 0.975. The third-order valence-corrected chi connectivity index (χ3v) is 2.90. The minimum Gasteiger partial charge on any atom is -0.313 e. The second kappa shape index (κ2) is 12.1. The molecule has 0 aliphatic heterocycles. The van der Waals surface area contributed by atoms with Crippen LogP contribution in [0.15, 0.2) is 12.2 Å². The van der Waals surface area contributed by atoms with Crippen molar-refractivity contribution in [3.05, 3.63) is 12.2 Å². The van der Waals surface area contributed by atoms with Gasteiger partial charge in [-0.3, -0.25) is 4.90 Å². The van der Waals surface area contributed by atoms with Crippen molar-refractivity contribution in [1.82, 2.24) is 10.2 Å². The first-order valence-corrected chi connectivity index (χ1v) is 7.34. The Hall–Kier alpha value is -0.340. The summed E-state index contributed by atoms with van der Waals surface area (Å²) in [6.45, 7) is 16.5. The fraction of sp³-hybridized carbons (Fsp3) is 0.867. The minimum atomic E-state index is 0.975. The Morgan fingerprint density at radius 1 is 1.00 bits per heavy atom. The monoisotopic (exact) mass is 240 g/mol. The van der Waals surface area contributed by atoms with Crippen molar-refractivity contribution in [1.29, 1.82) is 0 Å². The molecule has 0 rings (SSSR count). The molecule has 0 heterocycles. The lowest BCUT2D eigenvalue weighted by Gasteiger charge is -2.23. The molecule has 17 heavy (non-hydrogen) atoms. The molecule has 1 N–H and O–H groups in total. The third kappa shape index (κ3) is 10.5. The molecular formula is C15H32N2. The topological polar surface area (TPSA) is 15.3 Å². The van der Waals surface area contributed by atoms with Gasteiger partial charge in [0.1, 0.15) is 0 Å². The van der Waals surface area contributed by atoms with Gasteiger partial charge in [-0.15, -0.1) is 0 Å². The molecule has 0 aromatic heterocycles. The highest BCUT2D eigenvalue weighted by Gasteiger charge is 2.05. The summed E-state index contributed by atoms with van der Waals surface area (Å²) in [6.07, 6.45) is 6.37. The maximum atomic E-state index is 4.18. The lowest BCUT2D eigenvalue weighted by molar-refractivity contribution is 0.284. The number of nitrogens with one attached hydrogen (secondary N) is 1. The van der Waals surface area contributed by atoms with Gasteiger partial charge in [-0.1, -0.05) is 40.2 Å². The van der Waals surface area contributed by atoms with Crippen molar-refractivity contribution in [2.45, 2.75) is 52.9 Å². The first kappa shape index (κ1) is 16.7. The van der Waals surface area contributed by atoms with Crippen LogP contribution in [0.1, 0.15) is 52.9 Å². The summed E-state index contributed by atoms with van der Waals surface area (Å²) in [5.74, 6) is 0.